The lowest BCUT2D eigenvalue weighted by atomic mass is 9.95. The smallest absolute Gasteiger partial charge is 0.132 e. The largest absolute Gasteiger partial charge is 0.290 e. The predicted octanol–water partition coefficient (Wildman–Crippen LogP) is 6.02. The van der Waals surface area contributed by atoms with E-state index in [1.165, 1.54) is 36.6 Å². The summed E-state index contributed by atoms with van der Waals surface area (Å²) < 4.78 is 14.0. The second kappa shape index (κ2) is 13.1. The van der Waals surface area contributed by atoms with Crippen LogP contribution in [0.3, 0.4) is 0 Å². The zero-order chi connectivity index (χ0) is 27.8. The fourth-order valence-corrected chi connectivity index (χ4v) is 4.93. The van der Waals surface area contributed by atoms with Crippen LogP contribution in [-0.4, -0.2) is 45.6 Å². The number of aromatic nitrogens is 1. The van der Waals surface area contributed by atoms with Gasteiger partial charge in [-0.3, -0.25) is 30.7 Å². The molecule has 0 bridgehead atoms. The van der Waals surface area contributed by atoms with Gasteiger partial charge in [-0.2, -0.15) is 5.26 Å². The number of hydrazine groups is 1. The average molecular weight is 526 g/mol. The van der Waals surface area contributed by atoms with Crippen molar-refractivity contribution in [2.45, 2.75) is 63.6 Å². The maximum absolute atomic E-state index is 14.0. The summed E-state index contributed by atoms with van der Waals surface area (Å²) in [5.41, 5.74) is 6.92. The Bertz CT molecular complexity index is 1270. The second-order valence-corrected chi connectivity index (χ2v) is 10.0. The molecule has 3 atom stereocenters. The van der Waals surface area contributed by atoms with E-state index < -0.39 is 0 Å². The van der Waals surface area contributed by atoms with E-state index in [0.29, 0.717) is 18.9 Å². The number of aliphatic imine (C=N–C) groups is 1. The molecule has 0 spiro atoms. The number of nitriles is 1. The number of rotatable bonds is 8. The lowest BCUT2D eigenvalue weighted by molar-refractivity contribution is 0.142. The van der Waals surface area contributed by atoms with E-state index in [9.17, 15) is 4.39 Å². The Labute approximate surface area is 230 Å². The minimum atomic E-state index is -0.269. The highest BCUT2D eigenvalue weighted by molar-refractivity contribution is 6.04. The van der Waals surface area contributed by atoms with Gasteiger partial charge < -0.3 is 0 Å². The van der Waals surface area contributed by atoms with Crippen molar-refractivity contribution in [2.75, 3.05) is 6.54 Å². The van der Waals surface area contributed by atoms with E-state index in [2.05, 4.69) is 49.0 Å². The normalized spacial score (nSPS) is 22.7. The quantitative estimate of drug-likeness (QED) is 0.411. The average Bonchev–Trinajstić information content (AvgIpc) is 3.80. The number of hydrogen-bond acceptors (Lipinski definition) is 7. The van der Waals surface area contributed by atoms with Crippen LogP contribution in [0, 0.1) is 22.6 Å². The minimum absolute atomic E-state index is 0.0456. The van der Waals surface area contributed by atoms with Crippen LogP contribution in [0.2, 0.25) is 0 Å². The first-order chi connectivity index (χ1) is 18.9. The fraction of sp³-hybridized carbons (Fsp3) is 0.355. The number of halogens is 1. The van der Waals surface area contributed by atoms with Crippen LogP contribution in [0.25, 0.3) is 0 Å². The van der Waals surface area contributed by atoms with Crippen molar-refractivity contribution in [3.8, 4) is 6.07 Å². The molecule has 1 aliphatic heterocycles. The van der Waals surface area contributed by atoms with Gasteiger partial charge in [-0.25, -0.2) is 4.39 Å². The molecule has 3 unspecified atom stereocenters. The Morgan fingerprint density at radius 2 is 2.05 bits per heavy atom. The number of nitrogens with one attached hydrogen (secondary N) is 2. The lowest BCUT2D eigenvalue weighted by Crippen LogP contribution is -2.42. The van der Waals surface area contributed by atoms with E-state index in [1.54, 1.807) is 23.6 Å². The molecule has 1 fully saturated rings. The van der Waals surface area contributed by atoms with Crippen molar-refractivity contribution in [1.29, 1.82) is 10.7 Å². The van der Waals surface area contributed by atoms with E-state index in [0.717, 1.165) is 23.4 Å². The zero-order valence-corrected chi connectivity index (χ0v) is 22.6. The second-order valence-electron chi connectivity index (χ2n) is 10.0. The molecule has 0 radical (unpaired) electrons. The highest BCUT2D eigenvalue weighted by Crippen LogP contribution is 2.40. The number of nitrogens with zero attached hydrogens (tertiary/aromatic N) is 5. The highest BCUT2D eigenvalue weighted by atomic mass is 19.1. The number of hydrogen-bond donors (Lipinski definition) is 2. The van der Waals surface area contributed by atoms with Gasteiger partial charge in [-0.1, -0.05) is 37.8 Å². The Morgan fingerprint density at radius 3 is 2.67 bits per heavy atom. The topological polar surface area (TPSA) is 91.4 Å². The zero-order valence-electron chi connectivity index (χ0n) is 22.6. The summed E-state index contributed by atoms with van der Waals surface area (Å²) in [6.45, 7) is 8.80. The Morgan fingerprint density at radius 1 is 1.28 bits per heavy atom. The van der Waals surface area contributed by atoms with Crippen molar-refractivity contribution in [1.82, 2.24) is 20.3 Å². The standard InChI is InChI=1S/C31H36FN7/c1-4-28-15-16-29(14-13-27(34)18-33)39(5-2)37-21-36-22(3)20-38(28)31(24-8-11-26(32)12-9-24)30-17-10-25(19-35-30)23-6-7-23/h5,8-14,16-17,19,21-23,28,31,34H,2,4,6-7,15,20H2,1,3H3,(H,36,37)/b14-13-,29-16-,34-27?. The van der Waals surface area contributed by atoms with E-state index in [1.807, 2.05) is 24.4 Å². The maximum Gasteiger partial charge on any atom is 0.132 e. The minimum Gasteiger partial charge on any atom is -0.290 e. The van der Waals surface area contributed by atoms with Crippen molar-refractivity contribution in [3.63, 3.8) is 0 Å². The van der Waals surface area contributed by atoms with Gasteiger partial charge >= 0.3 is 0 Å². The van der Waals surface area contributed by atoms with Crippen LogP contribution in [0.4, 0.5) is 4.39 Å². The van der Waals surface area contributed by atoms with Gasteiger partial charge in [-0.15, -0.1) is 0 Å². The highest BCUT2D eigenvalue weighted by Gasteiger charge is 2.31. The van der Waals surface area contributed by atoms with Gasteiger partial charge in [0.2, 0.25) is 0 Å². The Kier molecular flexibility index (Phi) is 9.40. The molecular weight excluding hydrogens is 489 g/mol. The molecule has 0 saturated heterocycles. The van der Waals surface area contributed by atoms with Gasteiger partial charge in [0.25, 0.3) is 0 Å². The van der Waals surface area contributed by atoms with Gasteiger partial charge in [-0.05, 0) is 80.0 Å². The monoisotopic (exact) mass is 525 g/mol. The lowest BCUT2D eigenvalue weighted by Gasteiger charge is -2.38. The molecule has 39 heavy (non-hydrogen) atoms. The van der Waals surface area contributed by atoms with Crippen molar-refractivity contribution in [2.24, 2.45) is 4.99 Å². The molecule has 1 aliphatic carbocycles. The third-order valence-corrected chi connectivity index (χ3v) is 7.20. The molecule has 202 valence electrons. The summed E-state index contributed by atoms with van der Waals surface area (Å²) >= 11 is 0. The molecule has 8 heteroatoms. The van der Waals surface area contributed by atoms with Crippen molar-refractivity contribution in [3.05, 3.63) is 102 Å². The SMILES string of the molecule is C=CN1NC=NC(C)CN(C(c2ccc(F)cc2)c2ccc(C3CC3)cn2)C(CC)C/C=C1/C=C\C(=N)C#N. The Hall–Kier alpha value is -4.09. The first-order valence-corrected chi connectivity index (χ1v) is 13.5. The van der Waals surface area contributed by atoms with Crippen LogP contribution < -0.4 is 5.43 Å². The molecule has 1 aromatic carbocycles. The molecule has 1 aromatic heterocycles. The molecule has 4 rings (SSSR count). The summed E-state index contributed by atoms with van der Waals surface area (Å²) in [6, 6.07) is 12.7. The molecule has 2 aromatic rings. The molecule has 2 aliphatic rings. The molecule has 2 N–H and O–H groups in total. The molecule has 1 saturated carbocycles. The maximum atomic E-state index is 14.0. The summed E-state index contributed by atoms with van der Waals surface area (Å²) in [7, 11) is 0. The fourth-order valence-electron chi connectivity index (χ4n) is 4.93. The van der Waals surface area contributed by atoms with E-state index in [4.69, 9.17) is 20.6 Å². The van der Waals surface area contributed by atoms with Gasteiger partial charge in [0.1, 0.15) is 23.9 Å². The summed E-state index contributed by atoms with van der Waals surface area (Å²) in [6.07, 6.45) is 14.5. The first kappa shape index (κ1) is 27.9. The van der Waals surface area contributed by atoms with Gasteiger partial charge in [0.15, 0.2) is 0 Å². The third-order valence-electron chi connectivity index (χ3n) is 7.20. The van der Waals surface area contributed by atoms with Crippen LogP contribution in [0.5, 0.6) is 0 Å². The molecular formula is C31H36FN7. The molecule has 7 nitrogen and oxygen atoms in total. The summed E-state index contributed by atoms with van der Waals surface area (Å²) in [5, 5.41) is 18.5. The number of allylic oxidation sites excluding steroid dienone is 2. The molecule has 2 heterocycles. The molecule has 0 amide bonds. The Balaban J connectivity index is 1.77. The predicted molar refractivity (Wildman–Crippen MR) is 154 cm³/mol. The van der Waals surface area contributed by atoms with Crippen molar-refractivity contribution < 1.29 is 4.39 Å². The van der Waals surface area contributed by atoms with Crippen LogP contribution in [-0.2, 0) is 0 Å². The number of pyridine rings is 1. The summed E-state index contributed by atoms with van der Waals surface area (Å²) in [5.74, 6) is 0.348. The van der Waals surface area contributed by atoms with Crippen LogP contribution in [0.1, 0.15) is 68.3 Å². The number of benzene rings is 1. The van der Waals surface area contributed by atoms with Crippen molar-refractivity contribution >= 4 is 12.1 Å². The third kappa shape index (κ3) is 7.27. The first-order valence-electron chi connectivity index (χ1n) is 13.5. The summed E-state index contributed by atoms with van der Waals surface area (Å²) in [4.78, 5) is 12.1. The van der Waals surface area contributed by atoms with Crippen LogP contribution in [0.15, 0.2) is 84.3 Å². The van der Waals surface area contributed by atoms with Gasteiger partial charge in [0.05, 0.1) is 23.5 Å². The van der Waals surface area contributed by atoms with Gasteiger partial charge in [0, 0.05) is 25.0 Å². The van der Waals surface area contributed by atoms with E-state index in [-0.39, 0.29) is 29.7 Å². The van der Waals surface area contributed by atoms with Crippen LogP contribution >= 0.6 is 0 Å². The van der Waals surface area contributed by atoms with E-state index >= 15 is 0 Å².